The Bertz CT molecular complexity index is 725. The van der Waals surface area contributed by atoms with Crippen LogP contribution in [0.2, 0.25) is 5.28 Å². The number of pyridine rings is 1. The fourth-order valence-corrected chi connectivity index (χ4v) is 2.14. The molecule has 0 saturated carbocycles. The molecule has 0 aliphatic carbocycles. The van der Waals surface area contributed by atoms with Gasteiger partial charge in [0, 0.05) is 18.9 Å². The zero-order valence-corrected chi connectivity index (χ0v) is 11.2. The molecule has 0 spiro atoms. The van der Waals surface area contributed by atoms with Gasteiger partial charge in [0.1, 0.15) is 0 Å². The van der Waals surface area contributed by atoms with Crippen molar-refractivity contribution in [1.82, 2.24) is 24.5 Å². The lowest BCUT2D eigenvalue weighted by atomic mass is 10.2. The van der Waals surface area contributed by atoms with Gasteiger partial charge in [0.05, 0.1) is 6.33 Å². The summed E-state index contributed by atoms with van der Waals surface area (Å²) < 4.78 is 1.91. The van der Waals surface area contributed by atoms with E-state index < -0.39 is 0 Å². The Morgan fingerprint density at radius 3 is 3.00 bits per heavy atom. The maximum absolute atomic E-state index is 5.88. The lowest BCUT2D eigenvalue weighted by Gasteiger charge is -2.05. The Kier molecular flexibility index (Phi) is 3.44. The first-order valence-electron chi connectivity index (χ1n) is 6.02. The van der Waals surface area contributed by atoms with Crippen molar-refractivity contribution in [2.24, 2.45) is 5.84 Å². The molecule has 0 aliphatic heterocycles. The molecule has 3 aromatic heterocycles. The number of nitrogens with zero attached hydrogens (tertiary/aromatic N) is 5. The molecular formula is C12H12ClN7. The number of aryl methyl sites for hydroxylation is 2. The Balaban J connectivity index is 1.91. The largest absolute Gasteiger partial charge is 0.315 e. The molecule has 8 heteroatoms. The Hall–Kier alpha value is -2.25. The van der Waals surface area contributed by atoms with Crippen LogP contribution in [0.25, 0.3) is 11.2 Å². The average molecular weight is 290 g/mol. The minimum absolute atomic E-state index is 0.133. The highest BCUT2D eigenvalue weighted by atomic mass is 35.5. The number of halogens is 1. The third-order valence-electron chi connectivity index (χ3n) is 2.94. The number of nitrogen functional groups attached to an aromatic ring is 1. The fourth-order valence-electron chi connectivity index (χ4n) is 1.98. The summed E-state index contributed by atoms with van der Waals surface area (Å²) in [6.45, 7) is 0.722. The Morgan fingerprint density at radius 2 is 2.25 bits per heavy atom. The van der Waals surface area contributed by atoms with Gasteiger partial charge in [-0.05, 0) is 29.7 Å². The molecule has 0 unspecified atom stereocenters. The van der Waals surface area contributed by atoms with Crippen molar-refractivity contribution in [2.45, 2.75) is 13.0 Å². The number of rotatable bonds is 4. The minimum atomic E-state index is 0.133. The minimum Gasteiger partial charge on any atom is -0.315 e. The lowest BCUT2D eigenvalue weighted by Crippen LogP contribution is -2.10. The maximum atomic E-state index is 5.88. The molecule has 0 amide bonds. The van der Waals surface area contributed by atoms with E-state index in [-0.39, 0.29) is 5.28 Å². The molecule has 20 heavy (non-hydrogen) atoms. The zero-order valence-electron chi connectivity index (χ0n) is 10.5. The molecule has 0 aromatic carbocycles. The SMILES string of the molecule is NNc1nc(Cl)nc2c1ncn2CCc1cccnc1. The molecule has 3 aromatic rings. The van der Waals surface area contributed by atoms with Gasteiger partial charge in [-0.15, -0.1) is 0 Å². The molecule has 3 N–H and O–H groups in total. The summed E-state index contributed by atoms with van der Waals surface area (Å²) in [5.74, 6) is 5.82. The summed E-state index contributed by atoms with van der Waals surface area (Å²) in [5, 5.41) is 0.133. The number of hydrogen-bond acceptors (Lipinski definition) is 6. The Labute approximate surface area is 119 Å². The van der Waals surface area contributed by atoms with Gasteiger partial charge in [0.15, 0.2) is 17.0 Å². The number of fused-ring (bicyclic) bond motifs is 1. The van der Waals surface area contributed by atoms with E-state index in [1.807, 2.05) is 22.9 Å². The van der Waals surface area contributed by atoms with Crippen molar-refractivity contribution >= 4 is 28.6 Å². The Morgan fingerprint density at radius 1 is 1.35 bits per heavy atom. The van der Waals surface area contributed by atoms with E-state index in [9.17, 15) is 0 Å². The monoisotopic (exact) mass is 289 g/mol. The number of anilines is 1. The highest BCUT2D eigenvalue weighted by Gasteiger charge is 2.11. The molecule has 7 nitrogen and oxygen atoms in total. The van der Waals surface area contributed by atoms with Crippen LogP contribution in [-0.4, -0.2) is 24.5 Å². The van der Waals surface area contributed by atoms with Crippen LogP contribution >= 0.6 is 11.6 Å². The smallest absolute Gasteiger partial charge is 0.226 e. The second-order valence-electron chi connectivity index (χ2n) is 4.21. The first kappa shape index (κ1) is 12.8. The molecule has 0 atom stereocenters. The summed E-state index contributed by atoms with van der Waals surface area (Å²) in [6, 6.07) is 3.94. The summed E-state index contributed by atoms with van der Waals surface area (Å²) >= 11 is 5.88. The quantitative estimate of drug-likeness (QED) is 0.428. The highest BCUT2D eigenvalue weighted by Crippen LogP contribution is 2.20. The highest BCUT2D eigenvalue weighted by molar-refractivity contribution is 6.28. The molecule has 0 saturated heterocycles. The number of hydrogen-bond donors (Lipinski definition) is 2. The van der Waals surface area contributed by atoms with Crippen molar-refractivity contribution in [1.29, 1.82) is 0 Å². The van der Waals surface area contributed by atoms with Gasteiger partial charge in [-0.25, -0.2) is 10.8 Å². The number of hydrazine groups is 1. The number of nitrogens with two attached hydrogens (primary N) is 1. The molecular weight excluding hydrogens is 278 g/mol. The fraction of sp³-hybridized carbons (Fsp3) is 0.167. The van der Waals surface area contributed by atoms with Crippen LogP contribution in [0.5, 0.6) is 0 Å². The molecule has 0 fully saturated rings. The number of nitrogens with one attached hydrogen (secondary N) is 1. The lowest BCUT2D eigenvalue weighted by molar-refractivity contribution is 0.707. The van der Waals surface area contributed by atoms with Gasteiger partial charge >= 0.3 is 0 Å². The van der Waals surface area contributed by atoms with E-state index in [4.69, 9.17) is 17.4 Å². The average Bonchev–Trinajstić information content (AvgIpc) is 2.88. The predicted octanol–water partition coefficient (Wildman–Crippen LogP) is 1.40. The van der Waals surface area contributed by atoms with Gasteiger partial charge in [-0.1, -0.05) is 6.07 Å². The standard InChI is InChI=1S/C12H12ClN7/c13-12-17-10(19-14)9-11(18-12)20(7-16-9)5-3-8-2-1-4-15-6-8/h1-2,4,6-7H,3,5,14H2,(H,17,18,19). The number of imidazole rings is 1. The van der Waals surface area contributed by atoms with Crippen molar-refractivity contribution in [3.8, 4) is 0 Å². The van der Waals surface area contributed by atoms with Crippen LogP contribution in [0, 0.1) is 0 Å². The van der Waals surface area contributed by atoms with E-state index >= 15 is 0 Å². The van der Waals surface area contributed by atoms with Crippen LogP contribution in [-0.2, 0) is 13.0 Å². The summed E-state index contributed by atoms with van der Waals surface area (Å²) in [7, 11) is 0. The van der Waals surface area contributed by atoms with Crippen molar-refractivity contribution < 1.29 is 0 Å². The van der Waals surface area contributed by atoms with E-state index in [2.05, 4.69) is 25.4 Å². The molecule has 3 heterocycles. The topological polar surface area (TPSA) is 94.5 Å². The second-order valence-corrected chi connectivity index (χ2v) is 4.55. The summed E-state index contributed by atoms with van der Waals surface area (Å²) in [6.07, 6.45) is 6.12. The molecule has 0 radical (unpaired) electrons. The first-order chi connectivity index (χ1) is 9.78. The van der Waals surface area contributed by atoms with Gasteiger partial charge < -0.3 is 9.99 Å². The van der Waals surface area contributed by atoms with E-state index in [1.165, 1.54) is 0 Å². The van der Waals surface area contributed by atoms with Gasteiger partial charge in [-0.3, -0.25) is 4.98 Å². The van der Waals surface area contributed by atoms with Crippen molar-refractivity contribution in [3.05, 3.63) is 41.7 Å². The summed E-state index contributed by atoms with van der Waals surface area (Å²) in [5.41, 5.74) is 4.88. The molecule has 3 rings (SSSR count). The van der Waals surface area contributed by atoms with Crippen LogP contribution < -0.4 is 11.3 Å². The molecule has 102 valence electrons. The predicted molar refractivity (Wildman–Crippen MR) is 76.1 cm³/mol. The van der Waals surface area contributed by atoms with Crippen molar-refractivity contribution in [2.75, 3.05) is 5.43 Å². The second kappa shape index (κ2) is 5.40. The van der Waals surface area contributed by atoms with Crippen LogP contribution in [0.3, 0.4) is 0 Å². The van der Waals surface area contributed by atoms with E-state index in [0.29, 0.717) is 17.0 Å². The summed E-state index contributed by atoms with van der Waals surface area (Å²) in [4.78, 5) is 16.5. The van der Waals surface area contributed by atoms with Gasteiger partial charge in [0.25, 0.3) is 0 Å². The zero-order chi connectivity index (χ0) is 13.9. The molecule has 0 bridgehead atoms. The number of aromatic nitrogens is 5. The van der Waals surface area contributed by atoms with E-state index in [0.717, 1.165) is 18.5 Å². The molecule has 0 aliphatic rings. The van der Waals surface area contributed by atoms with Gasteiger partial charge in [0.2, 0.25) is 5.28 Å². The first-order valence-corrected chi connectivity index (χ1v) is 6.39. The van der Waals surface area contributed by atoms with Crippen LogP contribution in [0.15, 0.2) is 30.9 Å². The normalized spacial score (nSPS) is 10.9. The van der Waals surface area contributed by atoms with Crippen LogP contribution in [0.1, 0.15) is 5.56 Å². The van der Waals surface area contributed by atoms with Gasteiger partial charge in [-0.2, -0.15) is 9.97 Å². The van der Waals surface area contributed by atoms with E-state index in [1.54, 1.807) is 12.5 Å². The maximum Gasteiger partial charge on any atom is 0.226 e. The van der Waals surface area contributed by atoms with Crippen LogP contribution in [0.4, 0.5) is 5.82 Å². The van der Waals surface area contributed by atoms with Crippen molar-refractivity contribution in [3.63, 3.8) is 0 Å². The third-order valence-corrected chi connectivity index (χ3v) is 3.11. The third kappa shape index (κ3) is 2.40.